The largest absolute Gasteiger partial charge is 0.483 e. The lowest BCUT2D eigenvalue weighted by Gasteiger charge is -2.45. The molecule has 0 radical (unpaired) electrons. The van der Waals surface area contributed by atoms with Crippen LogP contribution in [0.2, 0.25) is 0 Å². The van der Waals surface area contributed by atoms with Crippen molar-refractivity contribution in [2.45, 2.75) is 84.3 Å². The summed E-state index contributed by atoms with van der Waals surface area (Å²) in [6.45, 7) is 11.9. The molecule has 2 amide bonds. The Morgan fingerprint density at radius 3 is 2.50 bits per heavy atom. The number of pyridine rings is 1. The summed E-state index contributed by atoms with van der Waals surface area (Å²) in [6, 6.07) is 3.62. The maximum atomic E-state index is 12.7. The second-order valence-corrected chi connectivity index (χ2v) is 10.7. The minimum atomic E-state index is -0.201. The van der Waals surface area contributed by atoms with Gasteiger partial charge in [0, 0.05) is 12.2 Å². The molecule has 4 atom stereocenters. The number of aryl methyl sites for hydroxylation is 1. The van der Waals surface area contributed by atoms with E-state index in [1.807, 2.05) is 19.1 Å². The molecule has 0 bridgehead atoms. The van der Waals surface area contributed by atoms with Gasteiger partial charge in [0.15, 0.2) is 6.10 Å². The SMILES string of the molecule is Cc1ncccc1O[C@H]1CO[C@H]2[C@@H]1OC[C@@H]2NC(=O)NC1CC(C)(C)CC(C)(C)C1. The van der Waals surface area contributed by atoms with Gasteiger partial charge in [-0.25, -0.2) is 4.79 Å². The molecule has 0 spiro atoms. The van der Waals surface area contributed by atoms with Crippen LogP contribution in [0.3, 0.4) is 0 Å². The zero-order valence-electron chi connectivity index (χ0n) is 18.7. The van der Waals surface area contributed by atoms with E-state index in [1.54, 1.807) is 6.20 Å². The zero-order chi connectivity index (χ0) is 21.5. The first-order chi connectivity index (χ1) is 14.1. The summed E-state index contributed by atoms with van der Waals surface area (Å²) in [5.41, 5.74) is 1.29. The van der Waals surface area contributed by atoms with E-state index in [1.165, 1.54) is 6.42 Å². The molecular formula is C23H35N3O4. The van der Waals surface area contributed by atoms with Crippen LogP contribution in [0.25, 0.3) is 0 Å². The summed E-state index contributed by atoms with van der Waals surface area (Å²) >= 11 is 0. The van der Waals surface area contributed by atoms with Crippen molar-refractivity contribution in [1.82, 2.24) is 15.6 Å². The fraction of sp³-hybridized carbons (Fsp3) is 0.739. The predicted octanol–water partition coefficient (Wildman–Crippen LogP) is 3.21. The van der Waals surface area contributed by atoms with E-state index in [2.05, 4.69) is 43.3 Å². The number of amides is 2. The summed E-state index contributed by atoms with van der Waals surface area (Å²) in [6.07, 6.45) is 4.32. The van der Waals surface area contributed by atoms with Crippen LogP contribution in [-0.4, -0.2) is 54.6 Å². The number of urea groups is 1. The van der Waals surface area contributed by atoms with Crippen LogP contribution in [0, 0.1) is 17.8 Å². The molecule has 1 saturated carbocycles. The van der Waals surface area contributed by atoms with Crippen LogP contribution in [-0.2, 0) is 9.47 Å². The Morgan fingerprint density at radius 1 is 1.10 bits per heavy atom. The number of carbonyl (C=O) groups excluding carboxylic acids is 1. The van der Waals surface area contributed by atoms with Gasteiger partial charge in [0.05, 0.1) is 24.9 Å². The third-order valence-electron chi connectivity index (χ3n) is 6.45. The van der Waals surface area contributed by atoms with Gasteiger partial charge in [-0.2, -0.15) is 0 Å². The number of ether oxygens (including phenoxy) is 3. The lowest BCUT2D eigenvalue weighted by atomic mass is 9.63. The van der Waals surface area contributed by atoms with Gasteiger partial charge in [0.1, 0.15) is 18.0 Å². The maximum absolute atomic E-state index is 12.7. The number of nitrogens with one attached hydrogen (secondary N) is 2. The van der Waals surface area contributed by atoms with E-state index in [-0.39, 0.29) is 47.3 Å². The summed E-state index contributed by atoms with van der Waals surface area (Å²) in [4.78, 5) is 17.0. The van der Waals surface area contributed by atoms with Crippen LogP contribution < -0.4 is 15.4 Å². The standard InChI is InChI=1S/C23H35N3O4/c1-14-17(7-6-8-24-14)30-18-12-29-19-16(11-28-20(18)19)26-21(27)25-15-9-22(2,3)13-23(4,5)10-15/h6-8,15-16,18-20H,9-13H2,1-5H3,(H2,25,26,27)/t16-,18-,19+,20+/m0/s1. The van der Waals surface area contributed by atoms with Crippen molar-refractivity contribution in [2.24, 2.45) is 10.8 Å². The van der Waals surface area contributed by atoms with E-state index in [9.17, 15) is 4.79 Å². The molecule has 3 heterocycles. The van der Waals surface area contributed by atoms with Gasteiger partial charge in [-0.05, 0) is 49.1 Å². The average molecular weight is 418 g/mol. The van der Waals surface area contributed by atoms with Crippen LogP contribution in [0.1, 0.15) is 52.7 Å². The van der Waals surface area contributed by atoms with Crippen molar-refractivity contribution < 1.29 is 19.0 Å². The van der Waals surface area contributed by atoms with Crippen LogP contribution in [0.15, 0.2) is 18.3 Å². The Morgan fingerprint density at radius 2 is 1.80 bits per heavy atom. The Hall–Kier alpha value is -1.86. The quantitative estimate of drug-likeness (QED) is 0.786. The van der Waals surface area contributed by atoms with Gasteiger partial charge in [0.25, 0.3) is 0 Å². The molecule has 7 heteroatoms. The molecule has 2 aliphatic heterocycles. The number of fused-ring (bicyclic) bond motifs is 1. The average Bonchev–Trinajstić information content (AvgIpc) is 3.18. The number of hydrogen-bond acceptors (Lipinski definition) is 5. The lowest BCUT2D eigenvalue weighted by Crippen LogP contribution is -2.53. The topological polar surface area (TPSA) is 81.7 Å². The van der Waals surface area contributed by atoms with Crippen molar-refractivity contribution in [1.29, 1.82) is 0 Å². The molecule has 7 nitrogen and oxygen atoms in total. The molecule has 1 aromatic heterocycles. The molecule has 1 aromatic rings. The molecule has 3 aliphatic rings. The summed E-state index contributed by atoms with van der Waals surface area (Å²) in [7, 11) is 0. The van der Waals surface area contributed by atoms with E-state index in [0.717, 1.165) is 24.3 Å². The second kappa shape index (κ2) is 8.00. The number of aromatic nitrogens is 1. The number of hydrogen-bond donors (Lipinski definition) is 2. The highest BCUT2D eigenvalue weighted by Crippen LogP contribution is 2.45. The Balaban J connectivity index is 1.31. The smallest absolute Gasteiger partial charge is 0.315 e. The van der Waals surface area contributed by atoms with Crippen LogP contribution >= 0.6 is 0 Å². The highest BCUT2D eigenvalue weighted by Gasteiger charge is 2.50. The molecule has 4 rings (SSSR count). The van der Waals surface area contributed by atoms with Gasteiger partial charge in [-0.1, -0.05) is 27.7 Å². The van der Waals surface area contributed by atoms with Gasteiger partial charge < -0.3 is 24.8 Å². The number of carbonyl (C=O) groups is 1. The van der Waals surface area contributed by atoms with Gasteiger partial charge >= 0.3 is 6.03 Å². The first-order valence-corrected chi connectivity index (χ1v) is 11.0. The molecule has 1 aliphatic carbocycles. The highest BCUT2D eigenvalue weighted by molar-refractivity contribution is 5.74. The molecule has 3 fully saturated rings. The van der Waals surface area contributed by atoms with E-state index < -0.39 is 0 Å². The normalized spacial score (nSPS) is 32.4. The van der Waals surface area contributed by atoms with Crippen LogP contribution in [0.5, 0.6) is 5.75 Å². The first-order valence-electron chi connectivity index (χ1n) is 11.0. The summed E-state index contributed by atoms with van der Waals surface area (Å²) in [5, 5.41) is 6.27. The van der Waals surface area contributed by atoms with E-state index in [0.29, 0.717) is 13.2 Å². The predicted molar refractivity (Wildman–Crippen MR) is 114 cm³/mol. The highest BCUT2D eigenvalue weighted by atomic mass is 16.6. The molecular weight excluding hydrogens is 382 g/mol. The Labute approximate surface area is 179 Å². The van der Waals surface area contributed by atoms with Crippen molar-refractivity contribution >= 4 is 6.03 Å². The maximum Gasteiger partial charge on any atom is 0.315 e. The first kappa shape index (κ1) is 21.4. The van der Waals surface area contributed by atoms with Crippen molar-refractivity contribution in [3.8, 4) is 5.75 Å². The van der Waals surface area contributed by atoms with Gasteiger partial charge in [0.2, 0.25) is 0 Å². The number of nitrogens with zero attached hydrogens (tertiary/aromatic N) is 1. The molecule has 0 unspecified atom stereocenters. The second-order valence-electron chi connectivity index (χ2n) is 10.7. The monoisotopic (exact) mass is 417 g/mol. The fourth-order valence-corrected chi connectivity index (χ4v) is 5.79. The third kappa shape index (κ3) is 4.72. The van der Waals surface area contributed by atoms with Crippen molar-refractivity contribution in [3.05, 3.63) is 24.0 Å². The summed E-state index contributed by atoms with van der Waals surface area (Å²) in [5.74, 6) is 0.743. The minimum Gasteiger partial charge on any atom is -0.483 e. The van der Waals surface area contributed by atoms with Gasteiger partial charge in [-0.3, -0.25) is 4.98 Å². The van der Waals surface area contributed by atoms with Gasteiger partial charge in [-0.15, -0.1) is 0 Å². The third-order valence-corrected chi connectivity index (χ3v) is 6.45. The van der Waals surface area contributed by atoms with E-state index in [4.69, 9.17) is 14.2 Å². The van der Waals surface area contributed by atoms with Crippen molar-refractivity contribution in [2.75, 3.05) is 13.2 Å². The zero-order valence-corrected chi connectivity index (χ0v) is 18.7. The number of rotatable bonds is 4. The van der Waals surface area contributed by atoms with Crippen molar-refractivity contribution in [3.63, 3.8) is 0 Å². The van der Waals surface area contributed by atoms with E-state index >= 15 is 0 Å². The lowest BCUT2D eigenvalue weighted by molar-refractivity contribution is 0.0299. The van der Waals surface area contributed by atoms with Crippen LogP contribution in [0.4, 0.5) is 4.79 Å². The Kier molecular flexibility index (Phi) is 5.70. The molecule has 30 heavy (non-hydrogen) atoms. The Bertz CT molecular complexity index is 765. The minimum absolute atomic E-state index is 0.140. The molecule has 2 saturated heterocycles. The molecule has 2 N–H and O–H groups in total. The molecule has 166 valence electrons. The fourth-order valence-electron chi connectivity index (χ4n) is 5.79. The molecule has 0 aromatic carbocycles. The summed E-state index contributed by atoms with van der Waals surface area (Å²) < 4.78 is 18.0.